The third-order valence-electron chi connectivity index (χ3n) is 4.71. The highest BCUT2D eigenvalue weighted by Crippen LogP contribution is 2.41. The maximum Gasteiger partial charge on any atom is 0.352 e. The minimum atomic E-state index is -1.26. The summed E-state index contributed by atoms with van der Waals surface area (Å²) in [7, 11) is 3.08. The summed E-state index contributed by atoms with van der Waals surface area (Å²) in [5.41, 5.74) is -0.539. The first kappa shape index (κ1) is 21.8. The number of nitro groups is 1. The molecule has 17 heteroatoms. The summed E-state index contributed by atoms with van der Waals surface area (Å²) < 4.78 is 2.57. The molecule has 2 amide bonds. The highest BCUT2D eigenvalue weighted by atomic mass is 32.2. The number of β-lactam (4-membered cyclic amide) rings is 1. The maximum absolute atomic E-state index is 12.7. The second kappa shape index (κ2) is 8.23. The molecule has 2 aromatic heterocycles. The van der Waals surface area contributed by atoms with Gasteiger partial charge in [0.05, 0.1) is 4.92 Å². The molecule has 0 bridgehead atoms. The number of tetrazole rings is 1. The topological polar surface area (TPSA) is 191 Å². The number of aromatic nitrogens is 6. The van der Waals surface area contributed by atoms with E-state index in [1.807, 2.05) is 0 Å². The van der Waals surface area contributed by atoms with Crippen molar-refractivity contribution in [1.29, 1.82) is 0 Å². The van der Waals surface area contributed by atoms with Gasteiger partial charge in [-0.05, 0) is 16.0 Å². The molecule has 4 rings (SSSR count). The van der Waals surface area contributed by atoms with E-state index in [1.165, 1.54) is 35.3 Å². The zero-order valence-corrected chi connectivity index (χ0v) is 18.2. The minimum absolute atomic E-state index is 0.143. The number of nitrogens with one attached hydrogen (secondary N) is 1. The predicted molar refractivity (Wildman–Crippen MR) is 108 cm³/mol. The zero-order chi connectivity index (χ0) is 23.2. The van der Waals surface area contributed by atoms with Gasteiger partial charge < -0.3 is 10.4 Å². The first-order chi connectivity index (χ1) is 15.2. The van der Waals surface area contributed by atoms with Gasteiger partial charge in [-0.1, -0.05) is 11.8 Å². The molecule has 0 radical (unpaired) electrons. The Morgan fingerprint density at radius 3 is 2.81 bits per heavy atom. The van der Waals surface area contributed by atoms with Crippen LogP contribution in [0.3, 0.4) is 0 Å². The summed E-state index contributed by atoms with van der Waals surface area (Å²) in [5, 5.41) is 38.0. The lowest BCUT2D eigenvalue weighted by Crippen LogP contribution is -2.70. The fraction of sp³-hybridized carbons (Fsp3) is 0.400. The van der Waals surface area contributed by atoms with Crippen LogP contribution in [0, 0.1) is 10.1 Å². The summed E-state index contributed by atoms with van der Waals surface area (Å²) in [6.45, 7) is 0. The summed E-state index contributed by atoms with van der Waals surface area (Å²) in [6, 6.07) is -1.03. The van der Waals surface area contributed by atoms with Crippen LogP contribution in [0.2, 0.25) is 0 Å². The van der Waals surface area contributed by atoms with Crippen molar-refractivity contribution in [3.05, 3.63) is 33.3 Å². The molecule has 0 spiro atoms. The number of thioether (sulfide) groups is 2. The Morgan fingerprint density at radius 2 is 2.19 bits per heavy atom. The van der Waals surface area contributed by atoms with Crippen LogP contribution in [0.15, 0.2) is 22.6 Å². The summed E-state index contributed by atoms with van der Waals surface area (Å²) >= 11 is 2.52. The SMILES string of the molecule is Cn1cc([N+](=O)[O-])c(C(=O)N[C@H]2C(=O)N3C(C(=O)O)=C(CSc4nnnn4C)CS[C@@H]23)n1. The van der Waals surface area contributed by atoms with E-state index in [9.17, 15) is 29.6 Å². The number of carboxylic acids is 1. The molecule has 15 nitrogen and oxygen atoms in total. The van der Waals surface area contributed by atoms with Crippen molar-refractivity contribution in [3.8, 4) is 0 Å². The number of rotatable bonds is 7. The van der Waals surface area contributed by atoms with Crippen molar-refractivity contribution in [3.63, 3.8) is 0 Å². The molecule has 0 aromatic carbocycles. The van der Waals surface area contributed by atoms with Gasteiger partial charge in [-0.3, -0.25) is 29.3 Å². The summed E-state index contributed by atoms with van der Waals surface area (Å²) in [6.07, 6.45) is 1.08. The van der Waals surface area contributed by atoms with E-state index in [2.05, 4.69) is 25.9 Å². The van der Waals surface area contributed by atoms with Crippen LogP contribution in [0.25, 0.3) is 0 Å². The highest BCUT2D eigenvalue weighted by molar-refractivity contribution is 8.01. The average Bonchev–Trinajstić information content (AvgIpc) is 3.34. The van der Waals surface area contributed by atoms with Crippen molar-refractivity contribution in [1.82, 2.24) is 40.2 Å². The predicted octanol–water partition coefficient (Wildman–Crippen LogP) is -1.00. The number of fused-ring (bicyclic) bond motifs is 1. The van der Waals surface area contributed by atoms with Crippen molar-refractivity contribution in [2.24, 2.45) is 14.1 Å². The van der Waals surface area contributed by atoms with E-state index >= 15 is 0 Å². The number of carboxylic acid groups (broad SMARTS) is 1. The Morgan fingerprint density at radius 1 is 1.44 bits per heavy atom. The zero-order valence-electron chi connectivity index (χ0n) is 16.5. The molecule has 1 saturated heterocycles. The van der Waals surface area contributed by atoms with Gasteiger partial charge in [0.15, 0.2) is 0 Å². The highest BCUT2D eigenvalue weighted by Gasteiger charge is 2.54. The van der Waals surface area contributed by atoms with Gasteiger partial charge in [0.2, 0.25) is 10.9 Å². The lowest BCUT2D eigenvalue weighted by Gasteiger charge is -2.49. The normalized spacial score (nSPS) is 20.1. The van der Waals surface area contributed by atoms with Crippen LogP contribution >= 0.6 is 23.5 Å². The largest absolute Gasteiger partial charge is 0.477 e. The summed E-state index contributed by atoms with van der Waals surface area (Å²) in [4.78, 5) is 48.7. The van der Waals surface area contributed by atoms with Crippen LogP contribution in [0.4, 0.5) is 5.69 Å². The number of hydrogen-bond donors (Lipinski definition) is 2. The van der Waals surface area contributed by atoms with Crippen LogP contribution < -0.4 is 5.32 Å². The second-order valence-corrected chi connectivity index (χ2v) is 8.83. The maximum atomic E-state index is 12.7. The average molecular weight is 481 g/mol. The fourth-order valence-corrected chi connectivity index (χ4v) is 5.61. The number of aryl methyl sites for hydroxylation is 2. The molecule has 0 unspecified atom stereocenters. The monoisotopic (exact) mass is 481 g/mol. The van der Waals surface area contributed by atoms with Crippen molar-refractivity contribution >= 4 is 47.0 Å². The Kier molecular flexibility index (Phi) is 5.59. The van der Waals surface area contributed by atoms with E-state index in [-0.39, 0.29) is 11.4 Å². The Balaban J connectivity index is 1.51. The smallest absolute Gasteiger partial charge is 0.352 e. The van der Waals surface area contributed by atoms with E-state index in [1.54, 1.807) is 7.05 Å². The number of hydrogen-bond acceptors (Lipinski definition) is 11. The molecule has 2 aliphatic heterocycles. The van der Waals surface area contributed by atoms with Crippen LogP contribution in [-0.2, 0) is 23.7 Å². The first-order valence-corrected chi connectivity index (χ1v) is 11.0. The quantitative estimate of drug-likeness (QED) is 0.212. The van der Waals surface area contributed by atoms with Crippen LogP contribution in [-0.4, -0.2) is 85.6 Å². The van der Waals surface area contributed by atoms with Crippen LogP contribution in [0.5, 0.6) is 0 Å². The molecule has 2 atom stereocenters. The van der Waals surface area contributed by atoms with Gasteiger partial charge in [-0.25, -0.2) is 9.48 Å². The molecule has 4 heterocycles. The summed E-state index contributed by atoms with van der Waals surface area (Å²) in [5.74, 6) is -2.19. The van der Waals surface area contributed by atoms with Crippen molar-refractivity contribution in [2.45, 2.75) is 16.6 Å². The van der Waals surface area contributed by atoms with Gasteiger partial charge in [-0.15, -0.1) is 16.9 Å². The first-order valence-electron chi connectivity index (χ1n) is 8.93. The van der Waals surface area contributed by atoms with Gasteiger partial charge >= 0.3 is 11.7 Å². The number of amides is 2. The van der Waals surface area contributed by atoms with Crippen LogP contribution in [0.1, 0.15) is 10.5 Å². The Labute approximate surface area is 187 Å². The van der Waals surface area contributed by atoms with E-state index in [4.69, 9.17) is 0 Å². The molecule has 0 aliphatic carbocycles. The number of carbonyl (C=O) groups is 3. The lowest BCUT2D eigenvalue weighted by molar-refractivity contribution is -0.385. The molecule has 1 fully saturated rings. The molecular formula is C15H15N9O6S2. The number of carbonyl (C=O) groups excluding carboxylic acids is 2. The lowest BCUT2D eigenvalue weighted by atomic mass is 10.0. The third-order valence-corrected chi connectivity index (χ3v) is 7.15. The number of nitrogens with zero attached hydrogens (tertiary/aromatic N) is 8. The second-order valence-electron chi connectivity index (χ2n) is 6.79. The standard InChI is InChI=1S/C15H15N9O6S2/c1-21-3-7(24(29)30)8(18-21)11(25)16-9-12(26)23-10(14(27)28)6(4-31-13(9)23)5-32-15-17-19-20-22(15)2/h3,9,13H,4-5H2,1-2H3,(H,16,25)(H,27,28)/t9-,13-/m0/s1. The molecule has 32 heavy (non-hydrogen) atoms. The third kappa shape index (κ3) is 3.68. The molecular weight excluding hydrogens is 466 g/mol. The fourth-order valence-electron chi connectivity index (χ4n) is 3.27. The molecule has 2 aromatic rings. The van der Waals surface area contributed by atoms with Gasteiger partial charge in [0.1, 0.15) is 23.3 Å². The Bertz CT molecular complexity index is 1170. The molecule has 168 valence electrons. The Hall–Kier alpha value is -3.47. The van der Waals surface area contributed by atoms with Gasteiger partial charge in [0, 0.05) is 25.6 Å². The molecule has 2 N–H and O–H groups in total. The van der Waals surface area contributed by atoms with E-state index < -0.39 is 45.5 Å². The van der Waals surface area contributed by atoms with Crippen molar-refractivity contribution in [2.75, 3.05) is 11.5 Å². The van der Waals surface area contributed by atoms with Gasteiger partial charge in [0.25, 0.3) is 11.8 Å². The molecule has 2 aliphatic rings. The number of aliphatic carboxylic acids is 1. The van der Waals surface area contributed by atoms with E-state index in [0.717, 1.165) is 15.8 Å². The van der Waals surface area contributed by atoms with Crippen molar-refractivity contribution < 1.29 is 24.4 Å². The minimum Gasteiger partial charge on any atom is -0.477 e. The molecule has 0 saturated carbocycles. The van der Waals surface area contributed by atoms with Gasteiger partial charge in [-0.2, -0.15) is 5.10 Å². The van der Waals surface area contributed by atoms with E-state index in [0.29, 0.717) is 16.5 Å².